The molecule has 6 aromatic carbocycles. The Balaban J connectivity index is 0.000000226. The Morgan fingerprint density at radius 3 is 1.48 bits per heavy atom. The molecule has 0 aliphatic heterocycles. The Labute approximate surface area is 498 Å². The van der Waals surface area contributed by atoms with E-state index in [1.165, 1.54) is 40.6 Å². The van der Waals surface area contributed by atoms with E-state index in [1.807, 2.05) is 115 Å². The largest absolute Gasteiger partial charge is 0.504 e. The molecule has 1 amide bonds. The van der Waals surface area contributed by atoms with Crippen LogP contribution in [0.5, 0.6) is 34.5 Å². The van der Waals surface area contributed by atoms with Gasteiger partial charge in [0.05, 0.1) is 67.9 Å². The number of esters is 1. The Kier molecular flexibility index (Phi) is 27.6. The highest BCUT2D eigenvalue weighted by Crippen LogP contribution is 2.32. The van der Waals surface area contributed by atoms with E-state index in [1.54, 1.807) is 37.4 Å². The van der Waals surface area contributed by atoms with Gasteiger partial charge in [-0.2, -0.15) is 0 Å². The fraction of sp³-hybridized carbons (Fsp3) is 0.333. The van der Waals surface area contributed by atoms with Crippen LogP contribution in [0.1, 0.15) is 125 Å². The van der Waals surface area contributed by atoms with Crippen LogP contribution >= 0.6 is 0 Å². The number of carbonyl (C=O) groups excluding carboxylic acids is 2. The van der Waals surface area contributed by atoms with Gasteiger partial charge in [0.1, 0.15) is 30.3 Å². The number of hydrogen-bond donors (Lipinski definition) is 7. The fourth-order valence-corrected chi connectivity index (χ4v) is 9.46. The van der Waals surface area contributed by atoms with Gasteiger partial charge in [0, 0.05) is 16.8 Å². The Bertz CT molecular complexity index is 3120. The maximum absolute atomic E-state index is 12.3. The topological polar surface area (TPSA) is 232 Å². The lowest BCUT2D eigenvalue weighted by molar-refractivity contribution is -0.146. The molecule has 85 heavy (non-hydrogen) atoms. The molecule has 0 spiro atoms. The maximum Gasteiger partial charge on any atom is 0.412 e. The number of rotatable bonds is 21. The molecule has 6 aromatic rings. The third-order valence-electron chi connectivity index (χ3n) is 14.2. The molecule has 16 heteroatoms. The van der Waals surface area contributed by atoms with Crippen LogP contribution in [0.25, 0.3) is 24.3 Å². The van der Waals surface area contributed by atoms with E-state index in [0.29, 0.717) is 63.3 Å². The molecule has 2 aliphatic carbocycles. The monoisotopic (exact) mass is 1160 g/mol. The van der Waals surface area contributed by atoms with Gasteiger partial charge >= 0.3 is 12.1 Å². The van der Waals surface area contributed by atoms with Crippen LogP contribution in [-0.2, 0) is 60.3 Å². The molecule has 2 unspecified atom stereocenters. The number of phenols is 1. The second-order valence-electron chi connectivity index (χ2n) is 20.2. The first-order valence-electron chi connectivity index (χ1n) is 28.6. The van der Waals surface area contributed by atoms with Crippen molar-refractivity contribution in [1.82, 2.24) is 0 Å². The molecule has 0 saturated carbocycles. The zero-order valence-corrected chi connectivity index (χ0v) is 49.0. The van der Waals surface area contributed by atoms with Gasteiger partial charge in [0.2, 0.25) is 0 Å². The number of hydrogen-bond acceptors (Lipinski definition) is 15. The van der Waals surface area contributed by atoms with Gasteiger partial charge in [-0.15, -0.1) is 0 Å². The van der Waals surface area contributed by atoms with Crippen LogP contribution in [0, 0.1) is 0 Å². The van der Waals surface area contributed by atoms with Gasteiger partial charge in [0.15, 0.2) is 23.0 Å². The van der Waals surface area contributed by atoms with Crippen molar-refractivity contribution in [2.45, 2.75) is 122 Å². The number of aliphatic hydroxyl groups excluding tert-OH is 5. The maximum atomic E-state index is 12.3. The molecule has 0 fully saturated rings. The molecule has 0 heterocycles. The highest BCUT2D eigenvalue weighted by atomic mass is 16.6. The molecule has 0 radical (unpaired) electrons. The van der Waals surface area contributed by atoms with Gasteiger partial charge in [-0.25, -0.2) is 4.79 Å². The molecule has 2 atom stereocenters. The Morgan fingerprint density at radius 2 is 0.965 bits per heavy atom. The number of anilines is 1. The molecular formula is C69H81NO15. The summed E-state index contributed by atoms with van der Waals surface area (Å²) in [6, 6.07) is 32.7. The summed E-state index contributed by atoms with van der Waals surface area (Å²) in [5.74, 6) is 2.54. The third kappa shape index (κ3) is 21.3. The lowest BCUT2D eigenvalue weighted by Gasteiger charge is -2.16. The number of methoxy groups -OCH3 is 4. The van der Waals surface area contributed by atoms with Crippen LogP contribution in [0.4, 0.5) is 10.5 Å². The van der Waals surface area contributed by atoms with Gasteiger partial charge in [0.25, 0.3) is 0 Å². The van der Waals surface area contributed by atoms with Crippen molar-refractivity contribution in [1.29, 1.82) is 0 Å². The number of amides is 1. The molecule has 0 saturated heterocycles. The van der Waals surface area contributed by atoms with E-state index in [-0.39, 0.29) is 63.4 Å². The van der Waals surface area contributed by atoms with Gasteiger partial charge < -0.3 is 63.8 Å². The van der Waals surface area contributed by atoms with Crippen LogP contribution in [0.3, 0.4) is 0 Å². The summed E-state index contributed by atoms with van der Waals surface area (Å²) in [5, 5.41) is 59.5. The predicted octanol–water partition coefficient (Wildman–Crippen LogP) is 12.6. The molecule has 0 aromatic heterocycles. The number of aromatic hydroxyl groups is 1. The highest BCUT2D eigenvalue weighted by Gasteiger charge is 2.16. The summed E-state index contributed by atoms with van der Waals surface area (Å²) in [5.41, 5.74) is 9.16. The number of ether oxygens (including phenoxy) is 7. The van der Waals surface area contributed by atoms with Crippen molar-refractivity contribution in [3.63, 3.8) is 0 Å². The minimum absolute atomic E-state index is 0.0254. The van der Waals surface area contributed by atoms with Crippen LogP contribution in [0.2, 0.25) is 0 Å². The summed E-state index contributed by atoms with van der Waals surface area (Å²) in [4.78, 5) is 24.3. The molecule has 2 aliphatic rings. The molecule has 0 bridgehead atoms. The second-order valence-corrected chi connectivity index (χ2v) is 20.2. The SMILES string of the molecule is COc1cc(/C=C\c2cc(CO)c(CO)c(OC)c2)ccc1O.COc1cc(/C=C\c2cc(CO)c(CO)c(OC)c2)ccc1OCc1ccc(NC(=O)OC2/C=C/CCCCC2)cc1.O=C(Cc1ccc(CO)cc1)OC1/C=C/CCCCC1. The number of aliphatic hydroxyl groups is 5. The molecule has 8 rings (SSSR count). The average Bonchev–Trinajstić information content (AvgIpc) is 3.61. The average molecular weight is 1160 g/mol. The first kappa shape index (κ1) is 65.8. The summed E-state index contributed by atoms with van der Waals surface area (Å²) < 4.78 is 38.4. The van der Waals surface area contributed by atoms with Crippen LogP contribution < -0.4 is 29.0 Å². The molecule has 452 valence electrons. The smallest absolute Gasteiger partial charge is 0.412 e. The van der Waals surface area contributed by atoms with Crippen molar-refractivity contribution in [2.24, 2.45) is 0 Å². The Morgan fingerprint density at radius 1 is 0.482 bits per heavy atom. The number of carbonyl (C=O) groups is 2. The summed E-state index contributed by atoms with van der Waals surface area (Å²) in [6.07, 6.45) is 26.2. The van der Waals surface area contributed by atoms with Crippen molar-refractivity contribution >= 4 is 42.1 Å². The zero-order valence-electron chi connectivity index (χ0n) is 49.0. The summed E-state index contributed by atoms with van der Waals surface area (Å²) >= 11 is 0. The van der Waals surface area contributed by atoms with Gasteiger partial charge in [-0.05, 0) is 174 Å². The number of benzene rings is 6. The standard InChI is InChI=1S/C34H39NO7.C18H20O5.C17H22O3/c1-39-32-20-26(18-27(21-36)30(32)22-37)11-10-24-14-17-31(33(19-24)40-2)41-23-25-12-15-28(16-13-25)35-34(38)42-29-8-6-4-3-5-7-9-29;1-22-17-9-13(7-14(10-19)15(17)11-20)4-3-12-5-6-16(21)18(8-12)23-2;18-13-15-10-8-14(9-11-15)12-17(19)20-16-6-4-2-1-3-5-7-16/h6,8,10-20,29,36-37H,3-5,7,9,21-23H2,1-2H3,(H,35,38);3-9,19-21H,10-11H2,1-2H3;4,6,8-11,16,18H,1-3,5,7,12-13H2/b8-6+,11-10-;4-3-;6-4+. The molecule has 16 nitrogen and oxygen atoms in total. The first-order chi connectivity index (χ1) is 41.4. The van der Waals surface area contributed by atoms with Crippen molar-refractivity contribution in [3.8, 4) is 34.5 Å². The number of allylic oxidation sites excluding steroid dienone is 2. The van der Waals surface area contributed by atoms with Gasteiger partial charge in [-0.3, -0.25) is 10.1 Å². The Hall–Kier alpha value is -8.38. The molecule has 7 N–H and O–H groups in total. The van der Waals surface area contributed by atoms with Crippen molar-refractivity contribution in [3.05, 3.63) is 195 Å². The van der Waals surface area contributed by atoms with Crippen molar-refractivity contribution < 1.29 is 73.4 Å². The van der Waals surface area contributed by atoms with Gasteiger partial charge in [-0.1, -0.05) is 97.8 Å². The molecular weight excluding hydrogens is 1080 g/mol. The zero-order chi connectivity index (χ0) is 60.8. The lowest BCUT2D eigenvalue weighted by atomic mass is 10.0. The number of nitrogens with one attached hydrogen (secondary N) is 1. The first-order valence-corrected chi connectivity index (χ1v) is 28.6. The van der Waals surface area contributed by atoms with E-state index < -0.39 is 6.09 Å². The summed E-state index contributed by atoms with van der Waals surface area (Å²) in [6.45, 7) is -0.436. The van der Waals surface area contributed by atoms with E-state index >= 15 is 0 Å². The van der Waals surface area contributed by atoms with E-state index in [4.69, 9.17) is 38.3 Å². The van der Waals surface area contributed by atoms with E-state index in [9.17, 15) is 35.1 Å². The summed E-state index contributed by atoms with van der Waals surface area (Å²) in [7, 11) is 6.14. The van der Waals surface area contributed by atoms with Crippen LogP contribution in [-0.4, -0.2) is 83.3 Å². The quantitative estimate of drug-likeness (QED) is 0.0202. The minimum Gasteiger partial charge on any atom is -0.504 e. The number of phenolic OH excluding ortho intramolecular Hbond substituents is 1. The van der Waals surface area contributed by atoms with E-state index in [2.05, 4.69) is 17.5 Å². The van der Waals surface area contributed by atoms with Crippen molar-refractivity contribution in [2.75, 3.05) is 33.8 Å². The minimum atomic E-state index is -0.455. The fourth-order valence-electron chi connectivity index (χ4n) is 9.46. The van der Waals surface area contributed by atoms with Crippen LogP contribution in [0.15, 0.2) is 133 Å². The lowest BCUT2D eigenvalue weighted by Crippen LogP contribution is -2.21. The third-order valence-corrected chi connectivity index (χ3v) is 14.2. The normalized spacial score (nSPS) is 15.7. The highest BCUT2D eigenvalue weighted by molar-refractivity contribution is 5.84. The predicted molar refractivity (Wildman–Crippen MR) is 330 cm³/mol. The van der Waals surface area contributed by atoms with E-state index in [0.717, 1.165) is 83.9 Å². The second kappa shape index (κ2) is 35.7.